The third kappa shape index (κ3) is 6.14. The Bertz CT molecular complexity index is 1220. The van der Waals surface area contributed by atoms with Gasteiger partial charge in [0.25, 0.3) is 0 Å². The SMILES string of the molecule is CCc1ccccc1NC(=O)C(=O)NN=C(C)c1ccccc1OC(=O)c1ccccc1Br. The van der Waals surface area contributed by atoms with Gasteiger partial charge >= 0.3 is 17.8 Å². The van der Waals surface area contributed by atoms with Crippen molar-refractivity contribution < 1.29 is 19.1 Å². The number of carbonyl (C=O) groups is 3. The maximum absolute atomic E-state index is 12.6. The van der Waals surface area contributed by atoms with Crippen LogP contribution in [-0.4, -0.2) is 23.5 Å². The van der Waals surface area contributed by atoms with Crippen LogP contribution in [0.2, 0.25) is 0 Å². The van der Waals surface area contributed by atoms with Gasteiger partial charge in [0.2, 0.25) is 0 Å². The van der Waals surface area contributed by atoms with Crippen molar-refractivity contribution in [2.24, 2.45) is 5.10 Å². The normalized spacial score (nSPS) is 10.9. The number of nitrogens with one attached hydrogen (secondary N) is 2. The molecule has 168 valence electrons. The molecule has 0 aliphatic carbocycles. The molecule has 3 aromatic carbocycles. The van der Waals surface area contributed by atoms with Gasteiger partial charge in [-0.15, -0.1) is 0 Å². The highest BCUT2D eigenvalue weighted by atomic mass is 79.9. The molecule has 3 aromatic rings. The fourth-order valence-electron chi connectivity index (χ4n) is 3.01. The van der Waals surface area contributed by atoms with Gasteiger partial charge in [-0.3, -0.25) is 9.59 Å². The number of amides is 2. The number of hydrazone groups is 1. The van der Waals surface area contributed by atoms with E-state index >= 15 is 0 Å². The van der Waals surface area contributed by atoms with E-state index in [-0.39, 0.29) is 5.75 Å². The largest absolute Gasteiger partial charge is 0.422 e. The molecule has 0 aliphatic rings. The number of benzene rings is 3. The van der Waals surface area contributed by atoms with Crippen LogP contribution in [0.5, 0.6) is 5.75 Å². The second-order valence-corrected chi connectivity index (χ2v) is 7.82. The Morgan fingerprint density at radius 3 is 2.24 bits per heavy atom. The smallest absolute Gasteiger partial charge is 0.344 e. The molecule has 3 rings (SSSR count). The van der Waals surface area contributed by atoms with Gasteiger partial charge in [-0.25, -0.2) is 10.2 Å². The monoisotopic (exact) mass is 507 g/mol. The Morgan fingerprint density at radius 1 is 0.879 bits per heavy atom. The van der Waals surface area contributed by atoms with E-state index in [9.17, 15) is 14.4 Å². The summed E-state index contributed by atoms with van der Waals surface area (Å²) in [7, 11) is 0. The zero-order valence-electron chi connectivity index (χ0n) is 18.1. The number of esters is 1. The van der Waals surface area contributed by atoms with Gasteiger partial charge in [-0.1, -0.05) is 49.4 Å². The minimum atomic E-state index is -0.914. The molecule has 0 spiro atoms. The van der Waals surface area contributed by atoms with Gasteiger partial charge in [0.15, 0.2) is 0 Å². The first kappa shape index (κ1) is 23.9. The summed E-state index contributed by atoms with van der Waals surface area (Å²) in [6.45, 7) is 3.59. The highest BCUT2D eigenvalue weighted by Gasteiger charge is 2.17. The third-order valence-electron chi connectivity index (χ3n) is 4.75. The van der Waals surface area contributed by atoms with E-state index in [1.54, 1.807) is 67.6 Å². The summed E-state index contributed by atoms with van der Waals surface area (Å²) < 4.78 is 6.16. The Labute approximate surface area is 200 Å². The Kier molecular flexibility index (Phi) is 8.10. The summed E-state index contributed by atoms with van der Waals surface area (Å²) in [5.41, 5.74) is 4.97. The minimum Gasteiger partial charge on any atom is -0.422 e. The number of hydrogen-bond donors (Lipinski definition) is 2. The summed E-state index contributed by atoms with van der Waals surface area (Å²) in [6, 6.07) is 21.0. The van der Waals surface area contributed by atoms with E-state index in [4.69, 9.17) is 4.74 Å². The Balaban J connectivity index is 1.71. The Morgan fingerprint density at radius 2 is 1.52 bits per heavy atom. The molecule has 0 unspecified atom stereocenters. The first-order valence-electron chi connectivity index (χ1n) is 10.2. The maximum Gasteiger partial charge on any atom is 0.344 e. The van der Waals surface area contributed by atoms with Crippen molar-refractivity contribution >= 4 is 45.1 Å². The quantitative estimate of drug-likeness (QED) is 0.166. The molecule has 0 radical (unpaired) electrons. The predicted octanol–water partition coefficient (Wildman–Crippen LogP) is 4.71. The van der Waals surface area contributed by atoms with E-state index in [0.29, 0.717) is 33.4 Å². The minimum absolute atomic E-state index is 0.273. The number of nitrogens with zero attached hydrogens (tertiary/aromatic N) is 1. The van der Waals surface area contributed by atoms with Crippen LogP contribution < -0.4 is 15.5 Å². The van der Waals surface area contributed by atoms with E-state index in [2.05, 4.69) is 31.8 Å². The van der Waals surface area contributed by atoms with E-state index in [1.807, 2.05) is 19.1 Å². The second-order valence-electron chi connectivity index (χ2n) is 6.97. The van der Waals surface area contributed by atoms with Gasteiger partial charge in [0.05, 0.1) is 11.3 Å². The zero-order valence-corrected chi connectivity index (χ0v) is 19.7. The van der Waals surface area contributed by atoms with Crippen LogP contribution >= 0.6 is 15.9 Å². The van der Waals surface area contributed by atoms with Crippen LogP contribution in [0, 0.1) is 0 Å². The number of aryl methyl sites for hydroxylation is 1. The molecule has 0 heterocycles. The number of para-hydroxylation sites is 2. The van der Waals surface area contributed by atoms with Gasteiger partial charge < -0.3 is 10.1 Å². The van der Waals surface area contributed by atoms with Crippen molar-refractivity contribution in [2.45, 2.75) is 20.3 Å². The number of carbonyl (C=O) groups excluding carboxylic acids is 3. The van der Waals surface area contributed by atoms with Crippen molar-refractivity contribution in [3.63, 3.8) is 0 Å². The number of rotatable bonds is 6. The molecule has 0 bridgehead atoms. The zero-order chi connectivity index (χ0) is 23.8. The standard InChI is InChI=1S/C25H22BrN3O4/c1-3-17-10-4-8-14-21(17)27-23(30)24(31)29-28-16(2)18-11-6-9-15-22(18)33-25(32)19-12-5-7-13-20(19)26/h4-15H,3H2,1-2H3,(H,27,30)(H,29,31). The molecule has 33 heavy (non-hydrogen) atoms. The van der Waals surface area contributed by atoms with Gasteiger partial charge in [-0.05, 0) is 65.2 Å². The lowest BCUT2D eigenvalue weighted by Crippen LogP contribution is -2.33. The fraction of sp³-hybridized carbons (Fsp3) is 0.120. The molecule has 8 heteroatoms. The molecule has 0 aliphatic heterocycles. The summed E-state index contributed by atoms with van der Waals surface area (Å²) in [5, 5.41) is 6.61. The fourth-order valence-corrected chi connectivity index (χ4v) is 3.46. The summed E-state index contributed by atoms with van der Waals surface area (Å²) in [4.78, 5) is 37.1. The molecular formula is C25H22BrN3O4. The second kappa shape index (κ2) is 11.2. The lowest BCUT2D eigenvalue weighted by atomic mass is 10.1. The first-order valence-corrected chi connectivity index (χ1v) is 11.0. The van der Waals surface area contributed by atoms with Crippen molar-refractivity contribution in [3.8, 4) is 5.75 Å². The number of halogens is 1. The van der Waals surface area contributed by atoms with Crippen LogP contribution in [0.15, 0.2) is 82.4 Å². The van der Waals surface area contributed by atoms with Gasteiger partial charge in [0, 0.05) is 15.7 Å². The first-order chi connectivity index (χ1) is 15.9. The van der Waals surface area contributed by atoms with Crippen molar-refractivity contribution in [3.05, 3.63) is 94.0 Å². The van der Waals surface area contributed by atoms with Crippen LogP contribution in [0.25, 0.3) is 0 Å². The average Bonchev–Trinajstić information content (AvgIpc) is 2.83. The van der Waals surface area contributed by atoms with Crippen LogP contribution in [0.1, 0.15) is 35.3 Å². The van der Waals surface area contributed by atoms with E-state index in [0.717, 1.165) is 5.56 Å². The lowest BCUT2D eigenvalue weighted by molar-refractivity contribution is -0.136. The number of ether oxygens (including phenoxy) is 1. The van der Waals surface area contributed by atoms with Gasteiger partial charge in [-0.2, -0.15) is 5.10 Å². The lowest BCUT2D eigenvalue weighted by Gasteiger charge is -2.11. The molecule has 2 amide bonds. The molecular weight excluding hydrogens is 486 g/mol. The predicted molar refractivity (Wildman–Crippen MR) is 130 cm³/mol. The van der Waals surface area contributed by atoms with Crippen LogP contribution in [0.3, 0.4) is 0 Å². The van der Waals surface area contributed by atoms with E-state index < -0.39 is 17.8 Å². The van der Waals surface area contributed by atoms with Crippen LogP contribution in [0.4, 0.5) is 5.69 Å². The van der Waals surface area contributed by atoms with Gasteiger partial charge in [0.1, 0.15) is 5.75 Å². The molecule has 0 saturated carbocycles. The highest BCUT2D eigenvalue weighted by Crippen LogP contribution is 2.23. The molecule has 0 fully saturated rings. The number of anilines is 1. The van der Waals surface area contributed by atoms with Crippen LogP contribution in [-0.2, 0) is 16.0 Å². The third-order valence-corrected chi connectivity index (χ3v) is 5.44. The highest BCUT2D eigenvalue weighted by molar-refractivity contribution is 9.10. The van der Waals surface area contributed by atoms with Crippen molar-refractivity contribution in [1.82, 2.24) is 5.43 Å². The summed E-state index contributed by atoms with van der Waals surface area (Å²) in [5.74, 6) is -2.01. The van der Waals surface area contributed by atoms with E-state index in [1.165, 1.54) is 0 Å². The molecule has 0 saturated heterocycles. The average molecular weight is 508 g/mol. The molecule has 2 N–H and O–H groups in total. The summed E-state index contributed by atoms with van der Waals surface area (Å²) in [6.07, 6.45) is 0.713. The molecule has 0 aromatic heterocycles. The topological polar surface area (TPSA) is 96.9 Å². The Hall–Kier alpha value is -3.78. The summed E-state index contributed by atoms with van der Waals surface area (Å²) >= 11 is 3.33. The maximum atomic E-state index is 12.6. The molecule has 7 nitrogen and oxygen atoms in total. The van der Waals surface area contributed by atoms with Crippen molar-refractivity contribution in [2.75, 3.05) is 5.32 Å². The molecule has 0 atom stereocenters. The van der Waals surface area contributed by atoms with Crippen molar-refractivity contribution in [1.29, 1.82) is 0 Å². The number of hydrogen-bond acceptors (Lipinski definition) is 5.